The van der Waals surface area contributed by atoms with Crippen molar-refractivity contribution < 1.29 is 19.4 Å². The molecule has 0 aliphatic heterocycles. The number of hydrogen-bond acceptors (Lipinski definition) is 5. The van der Waals surface area contributed by atoms with Gasteiger partial charge in [-0.3, -0.25) is 10.1 Å². The van der Waals surface area contributed by atoms with E-state index in [2.05, 4.69) is 16.0 Å². The predicted octanol–water partition coefficient (Wildman–Crippen LogP) is -1.57. The molecule has 7 nitrogen and oxygen atoms in total. The van der Waals surface area contributed by atoms with Crippen LogP contribution in [0.15, 0.2) is 0 Å². The molecule has 7 heteroatoms. The van der Waals surface area contributed by atoms with Gasteiger partial charge < -0.3 is 20.5 Å². The minimum absolute atomic E-state index is 0.0211. The lowest BCUT2D eigenvalue weighted by Crippen LogP contribution is -2.47. The van der Waals surface area contributed by atoms with Crippen molar-refractivity contribution in [2.45, 2.75) is 13.0 Å². The van der Waals surface area contributed by atoms with Crippen LogP contribution in [0, 0.1) is 0 Å². The SMILES string of the molecule is CNC(=O)NC(=O)C(C)NCCOCCO. The van der Waals surface area contributed by atoms with Crippen LogP contribution in [0.3, 0.4) is 0 Å². The van der Waals surface area contributed by atoms with Gasteiger partial charge in [0.25, 0.3) is 0 Å². The summed E-state index contributed by atoms with van der Waals surface area (Å²) in [6.07, 6.45) is 0. The summed E-state index contributed by atoms with van der Waals surface area (Å²) in [5.41, 5.74) is 0. The zero-order valence-corrected chi connectivity index (χ0v) is 9.58. The lowest BCUT2D eigenvalue weighted by Gasteiger charge is -2.12. The molecule has 0 aromatic heterocycles. The average Bonchev–Trinajstić information content (AvgIpc) is 2.28. The van der Waals surface area contributed by atoms with Crippen LogP contribution in [0.5, 0.6) is 0 Å². The highest BCUT2D eigenvalue weighted by molar-refractivity contribution is 5.96. The zero-order valence-electron chi connectivity index (χ0n) is 9.58. The second-order valence-electron chi connectivity index (χ2n) is 3.08. The summed E-state index contributed by atoms with van der Waals surface area (Å²) in [6.45, 7) is 2.78. The lowest BCUT2D eigenvalue weighted by atomic mass is 10.3. The molecule has 3 amide bonds. The van der Waals surface area contributed by atoms with Crippen molar-refractivity contribution in [1.82, 2.24) is 16.0 Å². The number of amides is 3. The Bertz CT molecular complexity index is 223. The molecule has 1 atom stereocenters. The molecule has 0 aromatic carbocycles. The van der Waals surface area contributed by atoms with Gasteiger partial charge in [-0.2, -0.15) is 0 Å². The first-order valence-corrected chi connectivity index (χ1v) is 5.06. The summed E-state index contributed by atoms with van der Waals surface area (Å²) in [7, 11) is 1.43. The summed E-state index contributed by atoms with van der Waals surface area (Å²) >= 11 is 0. The Morgan fingerprint density at radius 2 is 2.06 bits per heavy atom. The van der Waals surface area contributed by atoms with E-state index in [4.69, 9.17) is 9.84 Å². The predicted molar refractivity (Wildman–Crippen MR) is 58.0 cm³/mol. The van der Waals surface area contributed by atoms with Crippen molar-refractivity contribution in [3.8, 4) is 0 Å². The van der Waals surface area contributed by atoms with E-state index in [9.17, 15) is 9.59 Å². The molecule has 0 saturated carbocycles. The molecule has 0 radical (unpaired) electrons. The quantitative estimate of drug-likeness (QED) is 0.398. The summed E-state index contributed by atoms with van der Waals surface area (Å²) in [4.78, 5) is 22.1. The summed E-state index contributed by atoms with van der Waals surface area (Å²) < 4.78 is 4.99. The van der Waals surface area contributed by atoms with Crippen LogP contribution in [0.2, 0.25) is 0 Å². The third kappa shape index (κ3) is 7.16. The van der Waals surface area contributed by atoms with Crippen LogP contribution in [0.4, 0.5) is 4.79 Å². The maximum absolute atomic E-state index is 11.3. The zero-order chi connectivity index (χ0) is 12.4. The van der Waals surface area contributed by atoms with Crippen molar-refractivity contribution in [2.75, 3.05) is 33.4 Å². The molecule has 0 aliphatic carbocycles. The number of carbonyl (C=O) groups is 2. The monoisotopic (exact) mass is 233 g/mol. The molecule has 0 bridgehead atoms. The van der Waals surface area contributed by atoms with Gasteiger partial charge in [-0.1, -0.05) is 0 Å². The van der Waals surface area contributed by atoms with Crippen molar-refractivity contribution in [3.63, 3.8) is 0 Å². The fourth-order valence-corrected chi connectivity index (χ4v) is 0.890. The van der Waals surface area contributed by atoms with E-state index in [0.29, 0.717) is 13.2 Å². The minimum Gasteiger partial charge on any atom is -0.394 e. The largest absolute Gasteiger partial charge is 0.394 e. The van der Waals surface area contributed by atoms with Crippen molar-refractivity contribution in [2.24, 2.45) is 0 Å². The fourth-order valence-electron chi connectivity index (χ4n) is 0.890. The molecular weight excluding hydrogens is 214 g/mol. The highest BCUT2D eigenvalue weighted by Gasteiger charge is 2.13. The van der Waals surface area contributed by atoms with E-state index in [0.717, 1.165) is 0 Å². The second kappa shape index (κ2) is 9.08. The third-order valence-electron chi connectivity index (χ3n) is 1.79. The molecule has 0 rings (SSSR count). The van der Waals surface area contributed by atoms with Gasteiger partial charge in [0.15, 0.2) is 0 Å². The van der Waals surface area contributed by atoms with Crippen molar-refractivity contribution in [1.29, 1.82) is 0 Å². The van der Waals surface area contributed by atoms with Gasteiger partial charge in [-0.15, -0.1) is 0 Å². The highest BCUT2D eigenvalue weighted by Crippen LogP contribution is 1.82. The Balaban J connectivity index is 3.59. The Morgan fingerprint density at radius 3 is 2.62 bits per heavy atom. The van der Waals surface area contributed by atoms with E-state index in [1.165, 1.54) is 7.05 Å². The van der Waals surface area contributed by atoms with E-state index in [-0.39, 0.29) is 13.2 Å². The summed E-state index contributed by atoms with van der Waals surface area (Å²) in [5, 5.41) is 15.7. The summed E-state index contributed by atoms with van der Waals surface area (Å²) in [5.74, 6) is -0.401. The molecule has 4 N–H and O–H groups in total. The van der Waals surface area contributed by atoms with Crippen LogP contribution in [0.1, 0.15) is 6.92 Å². The van der Waals surface area contributed by atoms with E-state index >= 15 is 0 Å². The summed E-state index contributed by atoms with van der Waals surface area (Å²) in [6, 6.07) is -1.01. The van der Waals surface area contributed by atoms with E-state index < -0.39 is 18.0 Å². The smallest absolute Gasteiger partial charge is 0.321 e. The number of carbonyl (C=O) groups excluding carboxylic acids is 2. The fraction of sp³-hybridized carbons (Fsp3) is 0.778. The number of aliphatic hydroxyl groups excluding tert-OH is 1. The highest BCUT2D eigenvalue weighted by atomic mass is 16.5. The Morgan fingerprint density at radius 1 is 1.38 bits per heavy atom. The third-order valence-corrected chi connectivity index (χ3v) is 1.79. The van der Waals surface area contributed by atoms with E-state index in [1.54, 1.807) is 6.92 Å². The minimum atomic E-state index is -0.532. The second-order valence-corrected chi connectivity index (χ2v) is 3.08. The molecule has 16 heavy (non-hydrogen) atoms. The molecule has 94 valence electrons. The topological polar surface area (TPSA) is 99.7 Å². The maximum atomic E-state index is 11.3. The average molecular weight is 233 g/mol. The molecule has 0 fully saturated rings. The van der Waals surface area contributed by atoms with Gasteiger partial charge in [-0.05, 0) is 6.92 Å². The molecule has 1 unspecified atom stereocenters. The first kappa shape index (κ1) is 14.8. The van der Waals surface area contributed by atoms with Crippen molar-refractivity contribution in [3.05, 3.63) is 0 Å². The Labute approximate surface area is 94.5 Å². The van der Waals surface area contributed by atoms with Crippen LogP contribution >= 0.6 is 0 Å². The van der Waals surface area contributed by atoms with Gasteiger partial charge in [0.1, 0.15) is 0 Å². The molecule has 0 aliphatic rings. The molecule has 0 aromatic rings. The van der Waals surface area contributed by atoms with E-state index in [1.807, 2.05) is 0 Å². The molecule has 0 heterocycles. The van der Waals surface area contributed by atoms with Crippen LogP contribution < -0.4 is 16.0 Å². The number of urea groups is 1. The van der Waals surface area contributed by atoms with Gasteiger partial charge in [-0.25, -0.2) is 4.79 Å². The van der Waals surface area contributed by atoms with Gasteiger partial charge in [0.2, 0.25) is 5.91 Å². The Hall–Kier alpha value is -1.18. The van der Waals surface area contributed by atoms with Gasteiger partial charge >= 0.3 is 6.03 Å². The van der Waals surface area contributed by atoms with Gasteiger partial charge in [0.05, 0.1) is 25.9 Å². The van der Waals surface area contributed by atoms with Crippen LogP contribution in [-0.2, 0) is 9.53 Å². The number of rotatable bonds is 7. The van der Waals surface area contributed by atoms with Crippen molar-refractivity contribution >= 4 is 11.9 Å². The maximum Gasteiger partial charge on any atom is 0.321 e. The Kier molecular flexibility index (Phi) is 8.41. The van der Waals surface area contributed by atoms with Crippen LogP contribution in [0.25, 0.3) is 0 Å². The molecule has 0 saturated heterocycles. The first-order valence-electron chi connectivity index (χ1n) is 5.06. The lowest BCUT2D eigenvalue weighted by molar-refractivity contribution is -0.121. The van der Waals surface area contributed by atoms with Gasteiger partial charge in [0, 0.05) is 13.6 Å². The first-order chi connectivity index (χ1) is 7.61. The molecule has 0 spiro atoms. The molecular formula is C9H19N3O4. The number of nitrogens with one attached hydrogen (secondary N) is 3. The standard InChI is InChI=1S/C9H19N3O4/c1-7(8(14)12-9(15)10-2)11-3-5-16-6-4-13/h7,11,13H,3-6H2,1-2H3,(H2,10,12,14,15). The number of aliphatic hydroxyl groups is 1. The normalized spacial score (nSPS) is 11.9. The van der Waals surface area contributed by atoms with Crippen LogP contribution in [-0.4, -0.2) is 56.5 Å². The number of imide groups is 1. The number of hydrogen-bond donors (Lipinski definition) is 4. The number of ether oxygens (including phenoxy) is 1.